The average Bonchev–Trinajstić information content (AvgIpc) is 3.35. The summed E-state index contributed by atoms with van der Waals surface area (Å²) in [5, 5.41) is 6.59. The van der Waals surface area contributed by atoms with Gasteiger partial charge in [0.1, 0.15) is 0 Å². The zero-order valence-corrected chi connectivity index (χ0v) is 20.0. The molecule has 5 heterocycles. The molecule has 6 rings (SSSR count). The second-order valence-electron chi connectivity index (χ2n) is 11.0. The summed E-state index contributed by atoms with van der Waals surface area (Å²) in [6, 6.07) is 1.71. The van der Waals surface area contributed by atoms with Crippen LogP contribution in [0.1, 0.15) is 64.2 Å². The number of rotatable bonds is 5. The molecule has 3 amide bonds. The topological polar surface area (TPSA) is 64.7 Å². The minimum Gasteiger partial charge on any atom is -0.336 e. The van der Waals surface area contributed by atoms with E-state index in [1.807, 2.05) is 11.8 Å². The molecule has 0 aromatic rings. The van der Waals surface area contributed by atoms with Crippen molar-refractivity contribution in [2.45, 2.75) is 93.6 Å². The van der Waals surface area contributed by atoms with Gasteiger partial charge in [0, 0.05) is 36.6 Å². The van der Waals surface area contributed by atoms with Gasteiger partial charge in [-0.2, -0.15) is 11.8 Å². The second kappa shape index (κ2) is 8.86. The van der Waals surface area contributed by atoms with E-state index in [4.69, 9.17) is 0 Å². The Morgan fingerprint density at radius 1 is 1.16 bits per heavy atom. The van der Waals surface area contributed by atoms with Crippen LogP contribution in [0.3, 0.4) is 0 Å². The highest BCUT2D eigenvalue weighted by Gasteiger charge is 2.47. The Morgan fingerprint density at radius 2 is 2.09 bits per heavy atom. The Bertz CT molecular complexity index is 788. The van der Waals surface area contributed by atoms with Gasteiger partial charge in [0.2, 0.25) is 5.91 Å². The first-order chi connectivity index (χ1) is 15.7. The molecule has 0 aromatic carbocycles. The molecule has 176 valence electrons. The molecule has 0 spiro atoms. The van der Waals surface area contributed by atoms with Crippen LogP contribution in [0.4, 0.5) is 4.79 Å². The Hall–Kier alpha value is -1.21. The van der Waals surface area contributed by atoms with Crippen molar-refractivity contribution in [2.75, 3.05) is 25.4 Å². The fraction of sp³-hybridized carbons (Fsp3) is 0.840. The summed E-state index contributed by atoms with van der Waals surface area (Å²) < 4.78 is 0. The van der Waals surface area contributed by atoms with Crippen LogP contribution < -0.4 is 10.6 Å². The van der Waals surface area contributed by atoms with E-state index >= 15 is 0 Å². The summed E-state index contributed by atoms with van der Waals surface area (Å²) in [7, 11) is 0. The van der Waals surface area contributed by atoms with Crippen LogP contribution >= 0.6 is 11.8 Å². The first-order valence-electron chi connectivity index (χ1n) is 13.1. The van der Waals surface area contributed by atoms with Gasteiger partial charge in [-0.25, -0.2) is 4.79 Å². The molecule has 2 N–H and O–H groups in total. The fourth-order valence-electron chi connectivity index (χ4n) is 7.66. The van der Waals surface area contributed by atoms with E-state index in [9.17, 15) is 9.59 Å². The number of hydrogen-bond acceptors (Lipinski definition) is 4. The number of fused-ring (bicyclic) bond motifs is 7. The van der Waals surface area contributed by atoms with E-state index in [0.717, 1.165) is 49.9 Å². The largest absolute Gasteiger partial charge is 0.336 e. The Morgan fingerprint density at radius 3 is 3.03 bits per heavy atom. The quantitative estimate of drug-likeness (QED) is 0.377. The van der Waals surface area contributed by atoms with Crippen LogP contribution in [-0.4, -0.2) is 76.5 Å². The molecule has 5 aliphatic heterocycles. The van der Waals surface area contributed by atoms with Crippen LogP contribution in [0, 0.1) is 11.8 Å². The number of likely N-dealkylation sites (tertiary alicyclic amines) is 1. The van der Waals surface area contributed by atoms with Crippen molar-refractivity contribution in [3.05, 3.63) is 11.6 Å². The lowest BCUT2D eigenvalue weighted by atomic mass is 9.68. The molecule has 7 heteroatoms. The molecule has 2 bridgehead atoms. The summed E-state index contributed by atoms with van der Waals surface area (Å²) in [4.78, 5) is 29.9. The third kappa shape index (κ3) is 3.87. The number of hydrogen-bond donors (Lipinski definition) is 2. The molecular formula is C25H38N4O2S. The van der Waals surface area contributed by atoms with E-state index in [2.05, 4.69) is 26.5 Å². The molecule has 1 aliphatic carbocycles. The number of carbonyl (C=O) groups is 2. The van der Waals surface area contributed by atoms with Crippen LogP contribution in [0.15, 0.2) is 11.6 Å². The van der Waals surface area contributed by atoms with Gasteiger partial charge in [-0.3, -0.25) is 9.69 Å². The lowest BCUT2D eigenvalue weighted by molar-refractivity contribution is -0.136. The summed E-state index contributed by atoms with van der Waals surface area (Å²) in [6.45, 7) is 3.41. The summed E-state index contributed by atoms with van der Waals surface area (Å²) in [6.07, 6.45) is 14.2. The highest BCUT2D eigenvalue weighted by molar-refractivity contribution is 8.00. The minimum atomic E-state index is -0.0113. The van der Waals surface area contributed by atoms with Crippen molar-refractivity contribution in [1.82, 2.24) is 20.4 Å². The van der Waals surface area contributed by atoms with Crippen LogP contribution in [-0.2, 0) is 4.79 Å². The molecule has 6 aliphatic rings. The first kappa shape index (κ1) is 21.3. The van der Waals surface area contributed by atoms with Crippen molar-refractivity contribution in [3.8, 4) is 0 Å². The number of carbonyl (C=O) groups excluding carboxylic acids is 2. The number of urea groups is 1. The van der Waals surface area contributed by atoms with Gasteiger partial charge in [0.25, 0.3) is 0 Å². The molecule has 0 aromatic heterocycles. The first-order valence-corrected chi connectivity index (χ1v) is 14.1. The number of thioether (sulfide) groups is 1. The predicted molar refractivity (Wildman–Crippen MR) is 128 cm³/mol. The number of piperidine rings is 3. The van der Waals surface area contributed by atoms with Gasteiger partial charge < -0.3 is 15.5 Å². The molecule has 0 saturated carbocycles. The van der Waals surface area contributed by atoms with Crippen molar-refractivity contribution in [3.63, 3.8) is 0 Å². The maximum absolute atomic E-state index is 13.3. The lowest BCUT2D eigenvalue weighted by Crippen LogP contribution is -2.60. The van der Waals surface area contributed by atoms with Crippen LogP contribution in [0.2, 0.25) is 0 Å². The number of nitrogens with zero attached hydrogens (tertiary/aromatic N) is 2. The van der Waals surface area contributed by atoms with Crippen molar-refractivity contribution in [2.24, 2.45) is 11.8 Å². The molecule has 5 saturated heterocycles. The highest BCUT2D eigenvalue weighted by atomic mass is 32.2. The molecule has 6 nitrogen and oxygen atoms in total. The Kier molecular flexibility index (Phi) is 5.91. The van der Waals surface area contributed by atoms with Crippen LogP contribution in [0.5, 0.6) is 0 Å². The average molecular weight is 459 g/mol. The molecule has 5 fully saturated rings. The van der Waals surface area contributed by atoms with Gasteiger partial charge >= 0.3 is 6.03 Å². The number of nitrogens with one attached hydrogen (secondary N) is 2. The second-order valence-corrected chi connectivity index (χ2v) is 12.2. The molecular weight excluding hydrogens is 420 g/mol. The lowest BCUT2D eigenvalue weighted by Gasteiger charge is -2.54. The Labute approximate surface area is 196 Å². The number of amides is 3. The van der Waals surface area contributed by atoms with Gasteiger partial charge in [-0.1, -0.05) is 24.5 Å². The zero-order valence-electron chi connectivity index (χ0n) is 19.1. The van der Waals surface area contributed by atoms with E-state index in [1.54, 1.807) is 5.57 Å². The van der Waals surface area contributed by atoms with Crippen molar-refractivity contribution >= 4 is 23.7 Å². The zero-order chi connectivity index (χ0) is 21.7. The summed E-state index contributed by atoms with van der Waals surface area (Å²) in [5.74, 6) is 2.77. The predicted octanol–water partition coefficient (Wildman–Crippen LogP) is 3.13. The third-order valence-corrected chi connectivity index (χ3v) is 10.6. The molecule has 32 heavy (non-hydrogen) atoms. The van der Waals surface area contributed by atoms with Crippen molar-refractivity contribution < 1.29 is 9.59 Å². The molecule has 7 atom stereocenters. The van der Waals surface area contributed by atoms with E-state index < -0.39 is 0 Å². The molecule has 1 unspecified atom stereocenters. The maximum Gasteiger partial charge on any atom is 0.315 e. The normalized spacial score (nSPS) is 40.6. The van der Waals surface area contributed by atoms with Gasteiger partial charge in [-0.05, 0) is 63.3 Å². The monoisotopic (exact) mass is 458 g/mol. The number of unbranched alkanes of at least 4 members (excludes halogenated alkanes) is 1. The fourth-order valence-corrected chi connectivity index (χ4v) is 9.21. The van der Waals surface area contributed by atoms with E-state index in [-0.39, 0.29) is 12.1 Å². The SMILES string of the molecule is O=C1N[C@H]2CSC(CCCCC(=O)N3CCCC4=C[C@H]5C[C@@H](CN6CCCC[C@H]56)[C@@H]43)[C@H]2N1. The molecule has 0 radical (unpaired) electrons. The van der Waals surface area contributed by atoms with Crippen LogP contribution in [0.25, 0.3) is 0 Å². The van der Waals surface area contributed by atoms with E-state index in [1.165, 1.54) is 45.2 Å². The van der Waals surface area contributed by atoms with Gasteiger partial charge in [-0.15, -0.1) is 0 Å². The van der Waals surface area contributed by atoms with Crippen molar-refractivity contribution in [1.29, 1.82) is 0 Å². The smallest absolute Gasteiger partial charge is 0.315 e. The highest BCUT2D eigenvalue weighted by Crippen LogP contribution is 2.45. The maximum atomic E-state index is 13.3. The summed E-state index contributed by atoms with van der Waals surface area (Å²) >= 11 is 1.97. The van der Waals surface area contributed by atoms with E-state index in [0.29, 0.717) is 35.6 Å². The Balaban J connectivity index is 1.04. The summed E-state index contributed by atoms with van der Waals surface area (Å²) in [5.41, 5.74) is 1.59. The van der Waals surface area contributed by atoms with Gasteiger partial charge in [0.15, 0.2) is 0 Å². The standard InChI is InChI=1S/C25H38N4O2S/c30-22(9-2-1-8-21-23-19(15-32-21)26-25(31)27-23)29-11-5-6-16-12-17-13-18(24(16)29)14-28-10-4-3-7-20(17)28/h12,17-21,23-24H,1-11,13-15H2,(H2,26,27,31)/t17-,18-,19-,20+,21?,23-,24+/m0/s1. The minimum absolute atomic E-state index is 0.0113. The third-order valence-electron chi connectivity index (χ3n) is 9.04. The van der Waals surface area contributed by atoms with Gasteiger partial charge in [0.05, 0.1) is 18.1 Å².